The Morgan fingerprint density at radius 2 is 1.88 bits per heavy atom. The van der Waals surface area contributed by atoms with Crippen molar-refractivity contribution in [2.24, 2.45) is 0 Å². The van der Waals surface area contributed by atoms with Crippen LogP contribution in [0.2, 0.25) is 0 Å². The second-order valence-corrected chi connectivity index (χ2v) is 8.12. The van der Waals surface area contributed by atoms with Gasteiger partial charge < -0.3 is 9.80 Å². The van der Waals surface area contributed by atoms with Crippen LogP contribution in [0.1, 0.15) is 49.1 Å². The van der Waals surface area contributed by atoms with E-state index in [1.54, 1.807) is 0 Å². The normalized spacial score (nSPS) is 20.6. The fraction of sp³-hybridized carbons (Fsp3) is 0.550. The molecular weight excluding hydrogens is 344 g/mol. The summed E-state index contributed by atoms with van der Waals surface area (Å²) >= 11 is 1.43. The molecule has 2 aliphatic rings. The topological polar surface area (TPSA) is 49.3 Å². The van der Waals surface area contributed by atoms with Gasteiger partial charge in [0.2, 0.25) is 11.0 Å². The first kappa shape index (κ1) is 17.5. The molecule has 2 fully saturated rings. The third kappa shape index (κ3) is 3.75. The summed E-state index contributed by atoms with van der Waals surface area (Å²) in [5.41, 5.74) is 2.49. The van der Waals surface area contributed by atoms with Crippen LogP contribution in [0.5, 0.6) is 0 Å². The highest BCUT2D eigenvalue weighted by molar-refractivity contribution is 7.09. The Morgan fingerprint density at radius 1 is 1.12 bits per heavy atom. The van der Waals surface area contributed by atoms with E-state index in [1.165, 1.54) is 29.1 Å². The Bertz CT molecular complexity index is 751. The average molecular weight is 371 g/mol. The van der Waals surface area contributed by atoms with E-state index in [1.807, 2.05) is 0 Å². The van der Waals surface area contributed by atoms with Gasteiger partial charge in [-0.25, -0.2) is 4.98 Å². The van der Waals surface area contributed by atoms with Gasteiger partial charge in [-0.15, -0.1) is 0 Å². The number of likely N-dealkylation sites (tertiary alicyclic amines) is 1. The second kappa shape index (κ2) is 7.74. The van der Waals surface area contributed by atoms with Gasteiger partial charge in [0.15, 0.2) is 0 Å². The summed E-state index contributed by atoms with van der Waals surface area (Å²) < 4.78 is 4.55. The molecule has 2 aliphatic heterocycles. The van der Waals surface area contributed by atoms with Gasteiger partial charge in [-0.1, -0.05) is 29.8 Å². The molecule has 1 atom stereocenters. The van der Waals surface area contributed by atoms with Crippen LogP contribution in [0.3, 0.4) is 0 Å². The Morgan fingerprint density at radius 3 is 2.65 bits per heavy atom. The third-order valence-corrected chi connectivity index (χ3v) is 6.18. The van der Waals surface area contributed by atoms with Crippen molar-refractivity contribution >= 4 is 22.6 Å². The quantitative estimate of drug-likeness (QED) is 0.827. The van der Waals surface area contributed by atoms with E-state index >= 15 is 0 Å². The number of hydrogen-bond acceptors (Lipinski definition) is 5. The third-order valence-electron chi connectivity index (χ3n) is 5.39. The summed E-state index contributed by atoms with van der Waals surface area (Å²) in [5, 5.41) is 0.903. The molecule has 138 valence electrons. The molecule has 6 heteroatoms. The zero-order chi connectivity index (χ0) is 17.9. The molecule has 2 aromatic rings. The Labute approximate surface area is 159 Å². The number of benzene rings is 1. The lowest BCUT2D eigenvalue weighted by atomic mass is 10.1. The smallest absolute Gasteiger partial charge is 0.245 e. The van der Waals surface area contributed by atoms with Crippen molar-refractivity contribution in [1.29, 1.82) is 0 Å². The fourth-order valence-corrected chi connectivity index (χ4v) is 4.66. The van der Waals surface area contributed by atoms with Gasteiger partial charge in [0.05, 0.1) is 0 Å². The van der Waals surface area contributed by atoms with Crippen LogP contribution in [0.25, 0.3) is 0 Å². The van der Waals surface area contributed by atoms with Crippen LogP contribution in [-0.2, 0) is 11.2 Å². The van der Waals surface area contributed by atoms with E-state index in [-0.39, 0.29) is 11.9 Å². The maximum absolute atomic E-state index is 13.0. The van der Waals surface area contributed by atoms with Crippen molar-refractivity contribution in [2.75, 3.05) is 24.5 Å². The maximum atomic E-state index is 13.0. The predicted octanol–water partition coefficient (Wildman–Crippen LogP) is 3.42. The molecule has 1 aromatic heterocycles. The van der Waals surface area contributed by atoms with Gasteiger partial charge in [0, 0.05) is 37.6 Å². The standard InChI is InChI=1S/C20H26N4OS/c1-15-7-9-16(10-8-15)14-18-21-20(26-22-18)24-13-5-6-17(24)19(25)23-11-3-2-4-12-23/h7-10,17H,2-6,11-14H2,1H3/t17-/m0/s1. The number of carbonyl (C=O) groups is 1. The minimum absolute atomic E-state index is 0.0479. The lowest BCUT2D eigenvalue weighted by Gasteiger charge is -2.32. The van der Waals surface area contributed by atoms with E-state index in [0.717, 1.165) is 62.7 Å². The number of amides is 1. The molecule has 0 aliphatic carbocycles. The number of piperidine rings is 1. The molecule has 0 N–H and O–H groups in total. The van der Waals surface area contributed by atoms with Gasteiger partial charge in [0.25, 0.3) is 0 Å². The summed E-state index contributed by atoms with van der Waals surface area (Å²) in [4.78, 5) is 21.9. The van der Waals surface area contributed by atoms with Crippen molar-refractivity contribution in [3.63, 3.8) is 0 Å². The van der Waals surface area contributed by atoms with Crippen molar-refractivity contribution in [3.8, 4) is 0 Å². The zero-order valence-electron chi connectivity index (χ0n) is 15.4. The minimum atomic E-state index is -0.0479. The summed E-state index contributed by atoms with van der Waals surface area (Å²) in [6.07, 6.45) is 6.25. The number of nitrogens with zero attached hydrogens (tertiary/aromatic N) is 4. The van der Waals surface area contributed by atoms with Crippen LogP contribution in [0.4, 0.5) is 5.13 Å². The first-order chi connectivity index (χ1) is 12.7. The van der Waals surface area contributed by atoms with Gasteiger partial charge in [-0.2, -0.15) is 4.37 Å². The van der Waals surface area contributed by atoms with Crippen LogP contribution in [-0.4, -0.2) is 45.8 Å². The number of aromatic nitrogens is 2. The summed E-state index contributed by atoms with van der Waals surface area (Å²) in [7, 11) is 0. The Balaban J connectivity index is 1.45. The van der Waals surface area contributed by atoms with Crippen LogP contribution >= 0.6 is 11.5 Å². The van der Waals surface area contributed by atoms with Gasteiger partial charge >= 0.3 is 0 Å². The molecule has 26 heavy (non-hydrogen) atoms. The van der Waals surface area contributed by atoms with E-state index in [4.69, 9.17) is 4.98 Å². The fourth-order valence-electron chi connectivity index (χ4n) is 3.90. The molecular formula is C20H26N4OS. The van der Waals surface area contributed by atoms with E-state index in [2.05, 4.69) is 45.4 Å². The molecule has 4 rings (SSSR count). The molecule has 0 radical (unpaired) electrons. The average Bonchev–Trinajstić information content (AvgIpc) is 3.33. The van der Waals surface area contributed by atoms with Crippen molar-refractivity contribution in [2.45, 2.75) is 51.5 Å². The van der Waals surface area contributed by atoms with Crippen molar-refractivity contribution in [1.82, 2.24) is 14.3 Å². The maximum Gasteiger partial charge on any atom is 0.245 e. The second-order valence-electron chi connectivity index (χ2n) is 7.39. The van der Waals surface area contributed by atoms with Crippen molar-refractivity contribution in [3.05, 3.63) is 41.2 Å². The summed E-state index contributed by atoms with van der Waals surface area (Å²) in [5.74, 6) is 1.14. The number of rotatable bonds is 4. The highest BCUT2D eigenvalue weighted by atomic mass is 32.1. The molecule has 2 saturated heterocycles. The van der Waals surface area contributed by atoms with Crippen LogP contribution < -0.4 is 4.90 Å². The van der Waals surface area contributed by atoms with Crippen LogP contribution in [0, 0.1) is 6.92 Å². The molecule has 0 unspecified atom stereocenters. The van der Waals surface area contributed by atoms with E-state index < -0.39 is 0 Å². The summed E-state index contributed by atoms with van der Waals surface area (Å²) in [6, 6.07) is 8.46. The lowest BCUT2D eigenvalue weighted by Crippen LogP contribution is -2.47. The van der Waals surface area contributed by atoms with Gasteiger partial charge in [-0.3, -0.25) is 4.79 Å². The molecule has 0 bridgehead atoms. The minimum Gasteiger partial charge on any atom is -0.341 e. The van der Waals surface area contributed by atoms with E-state index in [0.29, 0.717) is 0 Å². The number of carbonyl (C=O) groups excluding carboxylic acids is 1. The monoisotopic (exact) mass is 370 g/mol. The SMILES string of the molecule is Cc1ccc(Cc2nsc(N3CCC[C@H]3C(=O)N3CCCCC3)n2)cc1. The highest BCUT2D eigenvalue weighted by Crippen LogP contribution is 2.29. The van der Waals surface area contributed by atoms with Crippen molar-refractivity contribution < 1.29 is 4.79 Å². The highest BCUT2D eigenvalue weighted by Gasteiger charge is 2.35. The zero-order valence-corrected chi connectivity index (χ0v) is 16.2. The number of aryl methyl sites for hydroxylation is 1. The Hall–Kier alpha value is -1.95. The first-order valence-electron chi connectivity index (χ1n) is 9.64. The molecule has 1 aromatic carbocycles. The van der Waals surface area contributed by atoms with E-state index in [9.17, 15) is 4.79 Å². The molecule has 0 spiro atoms. The largest absolute Gasteiger partial charge is 0.341 e. The number of anilines is 1. The molecule has 3 heterocycles. The van der Waals surface area contributed by atoms with Crippen LogP contribution in [0.15, 0.2) is 24.3 Å². The van der Waals surface area contributed by atoms with Gasteiger partial charge in [0.1, 0.15) is 11.9 Å². The predicted molar refractivity (Wildman–Crippen MR) is 105 cm³/mol. The Kier molecular flexibility index (Phi) is 5.20. The number of hydrogen-bond donors (Lipinski definition) is 0. The molecule has 5 nitrogen and oxygen atoms in total. The first-order valence-corrected chi connectivity index (χ1v) is 10.4. The molecule has 0 saturated carbocycles. The summed E-state index contributed by atoms with van der Waals surface area (Å²) in [6.45, 7) is 4.83. The molecule has 1 amide bonds. The lowest BCUT2D eigenvalue weighted by molar-refractivity contribution is -0.133. The van der Waals surface area contributed by atoms with Gasteiger partial charge in [-0.05, 0) is 44.6 Å².